The summed E-state index contributed by atoms with van der Waals surface area (Å²) in [6.45, 7) is 6.10. The van der Waals surface area contributed by atoms with Crippen molar-refractivity contribution in [3.63, 3.8) is 0 Å². The smallest absolute Gasteiger partial charge is 0.279 e. The topological polar surface area (TPSA) is 76.5 Å². The molecule has 1 amide bonds. The molecule has 0 bridgehead atoms. The van der Waals surface area contributed by atoms with E-state index in [2.05, 4.69) is 22.2 Å². The van der Waals surface area contributed by atoms with Crippen molar-refractivity contribution in [3.8, 4) is 11.4 Å². The highest BCUT2D eigenvalue weighted by Crippen LogP contribution is 2.22. The number of ether oxygens (including phenoxy) is 1. The number of benzene rings is 2. The molecule has 0 unspecified atom stereocenters. The number of aromatic nitrogens is 2. The number of piperidine rings is 1. The second-order valence-electron chi connectivity index (χ2n) is 8.42. The number of nitrogens with one attached hydrogen (secondary N) is 1. The third kappa shape index (κ3) is 4.67. The summed E-state index contributed by atoms with van der Waals surface area (Å²) in [7, 11) is 1.54. The molecule has 7 nitrogen and oxygen atoms in total. The number of fused-ring (bicyclic) bond motifs is 1. The van der Waals surface area contributed by atoms with Crippen molar-refractivity contribution in [1.29, 1.82) is 0 Å². The molecule has 3 aromatic rings. The summed E-state index contributed by atoms with van der Waals surface area (Å²) in [6, 6.07) is 14.2. The van der Waals surface area contributed by atoms with Crippen LogP contribution in [-0.4, -0.2) is 53.9 Å². The molecule has 1 fully saturated rings. The van der Waals surface area contributed by atoms with Crippen molar-refractivity contribution < 1.29 is 9.53 Å². The average Bonchev–Trinajstić information content (AvgIpc) is 2.83. The maximum atomic E-state index is 13.1. The molecule has 32 heavy (non-hydrogen) atoms. The molecule has 0 radical (unpaired) electrons. The quantitative estimate of drug-likeness (QED) is 0.578. The van der Waals surface area contributed by atoms with Gasteiger partial charge in [0, 0.05) is 11.9 Å². The Bertz CT molecular complexity index is 1150. The van der Waals surface area contributed by atoms with Crippen LogP contribution >= 0.6 is 0 Å². The standard InChI is InChI=1S/C25H30N4O3/c1-18-12-16-28(17-13-18)15-7-14-26-24(30)23-19-8-3-4-9-20(19)25(31)29(27-23)21-10-5-6-11-22(21)32-2/h3-6,8-11,18H,7,12-17H2,1-2H3,(H,26,30). The summed E-state index contributed by atoms with van der Waals surface area (Å²) in [6.07, 6.45) is 3.36. The van der Waals surface area contributed by atoms with E-state index in [-0.39, 0.29) is 17.2 Å². The van der Waals surface area contributed by atoms with Crippen LogP contribution in [0.4, 0.5) is 0 Å². The Morgan fingerprint density at radius 2 is 1.78 bits per heavy atom. The van der Waals surface area contributed by atoms with Gasteiger partial charge in [0.1, 0.15) is 11.4 Å². The van der Waals surface area contributed by atoms with E-state index in [1.807, 2.05) is 18.2 Å². The fraction of sp³-hybridized carbons (Fsp3) is 0.400. The van der Waals surface area contributed by atoms with Gasteiger partial charge in [-0.05, 0) is 63.0 Å². The highest BCUT2D eigenvalue weighted by Gasteiger charge is 2.19. The number of rotatable bonds is 7. The summed E-state index contributed by atoms with van der Waals surface area (Å²) in [5, 5.41) is 8.44. The van der Waals surface area contributed by atoms with Crippen LogP contribution in [0.3, 0.4) is 0 Å². The van der Waals surface area contributed by atoms with Gasteiger partial charge in [-0.2, -0.15) is 9.78 Å². The average molecular weight is 435 g/mol. The lowest BCUT2D eigenvalue weighted by molar-refractivity contribution is 0.0945. The molecule has 0 aliphatic carbocycles. The van der Waals surface area contributed by atoms with Crippen molar-refractivity contribution in [1.82, 2.24) is 20.0 Å². The number of hydrogen-bond donors (Lipinski definition) is 1. The molecule has 7 heteroatoms. The van der Waals surface area contributed by atoms with E-state index in [1.165, 1.54) is 17.5 Å². The Kier molecular flexibility index (Phi) is 6.85. The van der Waals surface area contributed by atoms with Crippen LogP contribution in [0.1, 0.15) is 36.7 Å². The van der Waals surface area contributed by atoms with Gasteiger partial charge >= 0.3 is 0 Å². The van der Waals surface area contributed by atoms with Gasteiger partial charge in [-0.3, -0.25) is 9.59 Å². The molecule has 4 rings (SSSR count). The maximum absolute atomic E-state index is 13.1. The fourth-order valence-electron chi connectivity index (χ4n) is 4.20. The lowest BCUT2D eigenvalue weighted by Gasteiger charge is -2.30. The molecule has 1 aliphatic rings. The monoisotopic (exact) mass is 434 g/mol. The summed E-state index contributed by atoms with van der Waals surface area (Å²) in [4.78, 5) is 28.7. The van der Waals surface area contributed by atoms with Crippen molar-refractivity contribution >= 4 is 16.7 Å². The van der Waals surface area contributed by atoms with Gasteiger partial charge in [-0.1, -0.05) is 37.3 Å². The van der Waals surface area contributed by atoms with E-state index in [9.17, 15) is 9.59 Å². The molecule has 0 spiro atoms. The molecule has 1 saturated heterocycles. The van der Waals surface area contributed by atoms with Gasteiger partial charge < -0.3 is 15.0 Å². The van der Waals surface area contributed by atoms with Crippen molar-refractivity contribution in [2.45, 2.75) is 26.2 Å². The molecule has 168 valence electrons. The highest BCUT2D eigenvalue weighted by atomic mass is 16.5. The molecule has 1 aromatic heterocycles. The SMILES string of the molecule is COc1ccccc1-n1nc(C(=O)NCCCN2CCC(C)CC2)c2ccccc2c1=O. The number of hydrogen-bond acceptors (Lipinski definition) is 5. The number of carbonyl (C=O) groups excluding carboxylic acids is 1. The van der Waals surface area contributed by atoms with Crippen LogP contribution in [0.2, 0.25) is 0 Å². The van der Waals surface area contributed by atoms with Crippen LogP contribution in [0.15, 0.2) is 53.3 Å². The Morgan fingerprint density at radius 1 is 1.09 bits per heavy atom. The van der Waals surface area contributed by atoms with E-state index < -0.39 is 0 Å². The molecule has 2 aromatic carbocycles. The zero-order valence-electron chi connectivity index (χ0n) is 18.7. The van der Waals surface area contributed by atoms with Gasteiger partial charge in [0.2, 0.25) is 0 Å². The van der Waals surface area contributed by atoms with E-state index in [1.54, 1.807) is 37.4 Å². The Labute approximate surface area is 188 Å². The lowest BCUT2D eigenvalue weighted by Crippen LogP contribution is -2.36. The Hall–Kier alpha value is -3.19. The van der Waals surface area contributed by atoms with Gasteiger partial charge in [-0.25, -0.2) is 0 Å². The molecular formula is C25H30N4O3. The van der Waals surface area contributed by atoms with Crippen LogP contribution in [0.25, 0.3) is 16.5 Å². The first-order valence-corrected chi connectivity index (χ1v) is 11.2. The first-order valence-electron chi connectivity index (χ1n) is 11.2. The second-order valence-corrected chi connectivity index (χ2v) is 8.42. The highest BCUT2D eigenvalue weighted by molar-refractivity contribution is 6.04. The number of para-hydroxylation sites is 2. The number of likely N-dealkylation sites (tertiary alicyclic amines) is 1. The molecule has 0 atom stereocenters. The minimum absolute atomic E-state index is 0.234. The summed E-state index contributed by atoms with van der Waals surface area (Å²) in [5.74, 6) is 1.04. The fourth-order valence-corrected chi connectivity index (χ4v) is 4.20. The summed E-state index contributed by atoms with van der Waals surface area (Å²) in [5.41, 5.74) is 0.443. The number of methoxy groups -OCH3 is 1. The number of amides is 1. The molecule has 0 saturated carbocycles. The summed E-state index contributed by atoms with van der Waals surface area (Å²) >= 11 is 0. The van der Waals surface area contributed by atoms with Crippen LogP contribution in [0.5, 0.6) is 5.75 Å². The van der Waals surface area contributed by atoms with Gasteiger partial charge in [-0.15, -0.1) is 0 Å². The minimum atomic E-state index is -0.291. The van der Waals surface area contributed by atoms with Gasteiger partial charge in [0.25, 0.3) is 11.5 Å². The number of carbonyl (C=O) groups is 1. The third-order valence-electron chi connectivity index (χ3n) is 6.15. The Balaban J connectivity index is 1.56. The third-order valence-corrected chi connectivity index (χ3v) is 6.15. The number of nitrogens with zero attached hydrogens (tertiary/aromatic N) is 3. The largest absolute Gasteiger partial charge is 0.494 e. The Morgan fingerprint density at radius 3 is 2.53 bits per heavy atom. The minimum Gasteiger partial charge on any atom is -0.494 e. The predicted molar refractivity (Wildman–Crippen MR) is 126 cm³/mol. The van der Waals surface area contributed by atoms with Crippen molar-refractivity contribution in [2.75, 3.05) is 33.3 Å². The molecule has 1 aliphatic heterocycles. The van der Waals surface area contributed by atoms with E-state index >= 15 is 0 Å². The molecule has 2 heterocycles. The zero-order valence-corrected chi connectivity index (χ0v) is 18.7. The van der Waals surface area contributed by atoms with Gasteiger partial charge in [0.15, 0.2) is 5.69 Å². The lowest BCUT2D eigenvalue weighted by atomic mass is 9.99. The first-order chi connectivity index (χ1) is 15.6. The van der Waals surface area contributed by atoms with E-state index in [4.69, 9.17) is 4.74 Å². The maximum Gasteiger partial charge on any atom is 0.279 e. The normalized spacial score (nSPS) is 15.1. The van der Waals surface area contributed by atoms with Crippen LogP contribution in [0, 0.1) is 5.92 Å². The second kappa shape index (κ2) is 9.96. The molecule has 1 N–H and O–H groups in total. The van der Waals surface area contributed by atoms with Gasteiger partial charge in [0.05, 0.1) is 12.5 Å². The van der Waals surface area contributed by atoms with Crippen LogP contribution < -0.4 is 15.6 Å². The van der Waals surface area contributed by atoms with E-state index in [0.29, 0.717) is 28.8 Å². The zero-order chi connectivity index (χ0) is 22.5. The van der Waals surface area contributed by atoms with Crippen LogP contribution in [-0.2, 0) is 0 Å². The van der Waals surface area contributed by atoms with Crippen molar-refractivity contribution in [3.05, 3.63) is 64.6 Å². The predicted octanol–water partition coefficient (Wildman–Crippen LogP) is 3.25. The molecular weight excluding hydrogens is 404 g/mol. The van der Waals surface area contributed by atoms with Crippen molar-refractivity contribution in [2.24, 2.45) is 5.92 Å². The van der Waals surface area contributed by atoms with E-state index in [0.717, 1.165) is 32.0 Å². The summed E-state index contributed by atoms with van der Waals surface area (Å²) < 4.78 is 6.66. The first kappa shape index (κ1) is 22.0.